The van der Waals surface area contributed by atoms with E-state index in [9.17, 15) is 0 Å². The second kappa shape index (κ2) is 5.83. The van der Waals surface area contributed by atoms with Crippen molar-refractivity contribution in [3.8, 4) is 5.75 Å². The Kier molecular flexibility index (Phi) is 4.70. The largest absolute Gasteiger partial charge is 0.487 e. The molecule has 3 nitrogen and oxygen atoms in total. The highest BCUT2D eigenvalue weighted by Crippen LogP contribution is 2.16. The molecule has 0 aliphatic carbocycles. The van der Waals surface area contributed by atoms with E-state index in [0.29, 0.717) is 5.02 Å². The smallest absolute Gasteiger partial charge is 0.139 e. The van der Waals surface area contributed by atoms with Crippen molar-refractivity contribution in [2.24, 2.45) is 0 Å². The third kappa shape index (κ3) is 3.52. The van der Waals surface area contributed by atoms with Crippen LogP contribution in [0.5, 0.6) is 5.75 Å². The van der Waals surface area contributed by atoms with Crippen LogP contribution in [-0.2, 0) is 0 Å². The van der Waals surface area contributed by atoms with Crippen molar-refractivity contribution < 1.29 is 4.74 Å². The number of halogens is 1. The van der Waals surface area contributed by atoms with E-state index in [1.54, 1.807) is 18.5 Å². The lowest BCUT2D eigenvalue weighted by molar-refractivity contribution is 0.196. The summed E-state index contributed by atoms with van der Waals surface area (Å²) in [7, 11) is 1.91. The molecule has 0 spiro atoms. The number of ether oxygens (including phenoxy) is 1. The van der Waals surface area contributed by atoms with Gasteiger partial charge < -0.3 is 10.1 Å². The molecule has 0 saturated heterocycles. The third-order valence-corrected chi connectivity index (χ3v) is 2.08. The van der Waals surface area contributed by atoms with E-state index in [0.717, 1.165) is 18.7 Å². The van der Waals surface area contributed by atoms with Crippen LogP contribution in [0, 0.1) is 0 Å². The molecule has 1 atom stereocenters. The summed E-state index contributed by atoms with van der Waals surface area (Å²) in [6.07, 6.45) is 4.38. The Labute approximate surface area is 89.4 Å². The van der Waals surface area contributed by atoms with Crippen LogP contribution in [0.15, 0.2) is 18.5 Å². The van der Waals surface area contributed by atoms with Gasteiger partial charge in [0.05, 0.1) is 11.2 Å². The zero-order valence-corrected chi connectivity index (χ0v) is 9.21. The zero-order valence-electron chi connectivity index (χ0n) is 8.46. The van der Waals surface area contributed by atoms with E-state index >= 15 is 0 Å². The summed E-state index contributed by atoms with van der Waals surface area (Å²) < 4.78 is 5.68. The molecular formula is C10H15ClN2O. The molecule has 1 aromatic heterocycles. The Morgan fingerprint density at radius 3 is 2.93 bits per heavy atom. The van der Waals surface area contributed by atoms with Crippen LogP contribution >= 0.6 is 11.6 Å². The van der Waals surface area contributed by atoms with Gasteiger partial charge in [-0.2, -0.15) is 0 Å². The van der Waals surface area contributed by atoms with Crippen molar-refractivity contribution >= 4 is 11.6 Å². The first-order chi connectivity index (χ1) is 6.76. The molecule has 14 heavy (non-hydrogen) atoms. The standard InChI is InChI=1S/C10H15ClN2O/c1-3-9(6-12-2)14-10-4-8(11)5-13-7-10/h4-5,7,9,12H,3,6H2,1-2H3. The van der Waals surface area contributed by atoms with Crippen LogP contribution in [0.4, 0.5) is 0 Å². The van der Waals surface area contributed by atoms with Gasteiger partial charge in [0.15, 0.2) is 0 Å². The van der Waals surface area contributed by atoms with Crippen LogP contribution in [0.1, 0.15) is 13.3 Å². The Morgan fingerprint density at radius 2 is 2.36 bits per heavy atom. The highest BCUT2D eigenvalue weighted by molar-refractivity contribution is 6.30. The predicted molar refractivity (Wildman–Crippen MR) is 57.9 cm³/mol. The highest BCUT2D eigenvalue weighted by Gasteiger charge is 2.06. The monoisotopic (exact) mass is 214 g/mol. The van der Waals surface area contributed by atoms with E-state index in [1.165, 1.54) is 0 Å². The van der Waals surface area contributed by atoms with E-state index in [4.69, 9.17) is 16.3 Å². The summed E-state index contributed by atoms with van der Waals surface area (Å²) in [5.41, 5.74) is 0. The molecule has 0 radical (unpaired) electrons. The molecule has 0 fully saturated rings. The summed E-state index contributed by atoms with van der Waals surface area (Å²) in [4.78, 5) is 3.95. The number of likely N-dealkylation sites (N-methyl/N-ethyl adjacent to an activating group) is 1. The van der Waals surface area contributed by atoms with Crippen molar-refractivity contribution in [3.63, 3.8) is 0 Å². The number of hydrogen-bond acceptors (Lipinski definition) is 3. The molecule has 1 unspecified atom stereocenters. The Balaban J connectivity index is 2.57. The Morgan fingerprint density at radius 1 is 1.57 bits per heavy atom. The molecule has 1 N–H and O–H groups in total. The normalized spacial score (nSPS) is 12.5. The lowest BCUT2D eigenvalue weighted by Crippen LogP contribution is -2.28. The van der Waals surface area contributed by atoms with Crippen LogP contribution < -0.4 is 10.1 Å². The highest BCUT2D eigenvalue weighted by atomic mass is 35.5. The number of rotatable bonds is 5. The summed E-state index contributed by atoms with van der Waals surface area (Å²) >= 11 is 5.79. The molecule has 0 amide bonds. The maximum Gasteiger partial charge on any atom is 0.139 e. The lowest BCUT2D eigenvalue weighted by Gasteiger charge is -2.16. The molecular weight excluding hydrogens is 200 g/mol. The van der Waals surface area contributed by atoms with E-state index in [2.05, 4.69) is 17.2 Å². The molecule has 1 heterocycles. The Bertz CT molecular complexity index is 281. The third-order valence-electron chi connectivity index (χ3n) is 1.87. The molecule has 0 bridgehead atoms. The zero-order chi connectivity index (χ0) is 10.4. The average Bonchev–Trinajstić information content (AvgIpc) is 2.17. The minimum atomic E-state index is 0.167. The van der Waals surface area contributed by atoms with Gasteiger partial charge in [-0.25, -0.2) is 0 Å². The first kappa shape index (κ1) is 11.3. The van der Waals surface area contributed by atoms with E-state index in [-0.39, 0.29) is 6.10 Å². The van der Waals surface area contributed by atoms with Gasteiger partial charge >= 0.3 is 0 Å². The maximum atomic E-state index is 5.79. The first-order valence-corrected chi connectivity index (χ1v) is 5.06. The van der Waals surface area contributed by atoms with Crippen LogP contribution in [0.2, 0.25) is 5.02 Å². The number of nitrogens with zero attached hydrogens (tertiary/aromatic N) is 1. The van der Waals surface area contributed by atoms with Crippen molar-refractivity contribution in [1.29, 1.82) is 0 Å². The van der Waals surface area contributed by atoms with Gasteiger partial charge in [-0.1, -0.05) is 18.5 Å². The van der Waals surface area contributed by atoms with Crippen molar-refractivity contribution in [2.75, 3.05) is 13.6 Å². The molecule has 0 aromatic carbocycles. The molecule has 78 valence electrons. The van der Waals surface area contributed by atoms with Crippen LogP contribution in [0.25, 0.3) is 0 Å². The maximum absolute atomic E-state index is 5.79. The lowest BCUT2D eigenvalue weighted by atomic mass is 10.3. The predicted octanol–water partition coefficient (Wildman–Crippen LogP) is 2.11. The van der Waals surface area contributed by atoms with Crippen molar-refractivity contribution in [1.82, 2.24) is 10.3 Å². The fourth-order valence-corrected chi connectivity index (χ4v) is 1.31. The SMILES string of the molecule is CCC(CNC)Oc1cncc(Cl)c1. The van der Waals surface area contributed by atoms with Gasteiger partial charge in [0.1, 0.15) is 11.9 Å². The minimum absolute atomic E-state index is 0.167. The summed E-state index contributed by atoms with van der Waals surface area (Å²) in [6, 6.07) is 1.77. The second-order valence-corrected chi connectivity index (χ2v) is 3.48. The molecule has 1 rings (SSSR count). The number of pyridine rings is 1. The molecule has 1 aromatic rings. The summed E-state index contributed by atoms with van der Waals surface area (Å²) in [5, 5.41) is 3.67. The molecule has 4 heteroatoms. The van der Waals surface area contributed by atoms with Gasteiger partial charge in [0.25, 0.3) is 0 Å². The quantitative estimate of drug-likeness (QED) is 0.815. The fraction of sp³-hybridized carbons (Fsp3) is 0.500. The van der Waals surface area contributed by atoms with Crippen LogP contribution in [-0.4, -0.2) is 24.7 Å². The van der Waals surface area contributed by atoms with Crippen molar-refractivity contribution in [3.05, 3.63) is 23.5 Å². The second-order valence-electron chi connectivity index (χ2n) is 3.04. The number of hydrogen-bond donors (Lipinski definition) is 1. The van der Waals surface area contributed by atoms with Gasteiger partial charge in [-0.15, -0.1) is 0 Å². The van der Waals surface area contributed by atoms with E-state index < -0.39 is 0 Å². The van der Waals surface area contributed by atoms with Gasteiger partial charge in [0.2, 0.25) is 0 Å². The van der Waals surface area contributed by atoms with Gasteiger partial charge in [-0.3, -0.25) is 4.98 Å². The minimum Gasteiger partial charge on any atom is -0.487 e. The summed E-state index contributed by atoms with van der Waals surface area (Å²) in [5.74, 6) is 0.722. The van der Waals surface area contributed by atoms with Crippen molar-refractivity contribution in [2.45, 2.75) is 19.4 Å². The van der Waals surface area contributed by atoms with E-state index in [1.807, 2.05) is 7.05 Å². The first-order valence-electron chi connectivity index (χ1n) is 4.68. The number of aromatic nitrogens is 1. The average molecular weight is 215 g/mol. The molecule has 0 aliphatic heterocycles. The number of nitrogens with one attached hydrogen (secondary N) is 1. The fourth-order valence-electron chi connectivity index (χ4n) is 1.15. The van der Waals surface area contributed by atoms with Crippen LogP contribution in [0.3, 0.4) is 0 Å². The molecule has 0 saturated carbocycles. The van der Waals surface area contributed by atoms with Gasteiger partial charge in [0, 0.05) is 18.8 Å². The Hall–Kier alpha value is -0.800. The molecule has 0 aliphatic rings. The summed E-state index contributed by atoms with van der Waals surface area (Å²) in [6.45, 7) is 2.91. The topological polar surface area (TPSA) is 34.1 Å². The van der Waals surface area contributed by atoms with Gasteiger partial charge in [-0.05, 0) is 13.5 Å².